The maximum Gasteiger partial charge on any atom is 0.317 e. The minimum Gasteiger partial charge on any atom is -0.327 e. The molecular formula is C25H33N4O4S+. The highest BCUT2D eigenvalue weighted by Gasteiger charge is 2.28. The summed E-state index contributed by atoms with van der Waals surface area (Å²) >= 11 is 0. The zero-order valence-electron chi connectivity index (χ0n) is 20.2. The van der Waals surface area contributed by atoms with Crippen molar-refractivity contribution >= 4 is 32.4 Å². The van der Waals surface area contributed by atoms with Crippen molar-refractivity contribution in [2.24, 2.45) is 5.92 Å². The van der Waals surface area contributed by atoms with Crippen LogP contribution < -0.4 is 4.31 Å². The quantitative estimate of drug-likeness (QED) is 0.463. The van der Waals surface area contributed by atoms with Gasteiger partial charge in [-0.15, -0.1) is 0 Å². The van der Waals surface area contributed by atoms with Crippen molar-refractivity contribution in [1.29, 1.82) is 0 Å². The Hall–Kier alpha value is -2.94. The van der Waals surface area contributed by atoms with Gasteiger partial charge in [0.15, 0.2) is 0 Å². The number of hydrogen-bond acceptors (Lipinski definition) is 4. The molecule has 1 fully saturated rings. The van der Waals surface area contributed by atoms with E-state index in [0.717, 1.165) is 29.5 Å². The Bertz CT molecular complexity index is 1320. The largest absolute Gasteiger partial charge is 0.327 e. The molecule has 0 atom stereocenters. The number of imidazole rings is 1. The first-order chi connectivity index (χ1) is 16.0. The zero-order valence-corrected chi connectivity index (χ0v) is 21.0. The van der Waals surface area contributed by atoms with Gasteiger partial charge in [0.05, 0.1) is 26.5 Å². The fraction of sp³-hybridized carbons (Fsp3) is 0.480. The molecule has 1 aromatic heterocycles. The highest BCUT2D eigenvalue weighted by atomic mass is 32.2. The second-order valence-corrected chi connectivity index (χ2v) is 12.2. The summed E-state index contributed by atoms with van der Waals surface area (Å²) in [6.45, 7) is 7.37. The molecule has 0 aliphatic heterocycles. The summed E-state index contributed by atoms with van der Waals surface area (Å²) in [5.41, 5.74) is 1.94. The molecule has 4 rings (SSSR count). The normalized spacial score (nSPS) is 15.5. The van der Waals surface area contributed by atoms with Gasteiger partial charge in [-0.25, -0.2) is 18.6 Å². The van der Waals surface area contributed by atoms with Crippen molar-refractivity contribution in [3.8, 4) is 0 Å². The molecule has 0 saturated heterocycles. The van der Waals surface area contributed by atoms with Gasteiger partial charge in [-0.05, 0) is 43.0 Å². The molecule has 0 amide bonds. The number of fused-ring (bicyclic) bond motifs is 1. The van der Waals surface area contributed by atoms with Crippen molar-refractivity contribution in [3.05, 3.63) is 53.2 Å². The van der Waals surface area contributed by atoms with Crippen LogP contribution in [0.4, 0.5) is 11.4 Å². The molecule has 0 unspecified atom stereocenters. The van der Waals surface area contributed by atoms with Gasteiger partial charge >= 0.3 is 5.69 Å². The maximum absolute atomic E-state index is 13.2. The van der Waals surface area contributed by atoms with Gasteiger partial charge < -0.3 is 4.57 Å². The van der Waals surface area contributed by atoms with Gasteiger partial charge in [0.2, 0.25) is 0 Å². The van der Waals surface area contributed by atoms with Crippen LogP contribution in [-0.4, -0.2) is 35.1 Å². The highest BCUT2D eigenvalue weighted by Crippen LogP contribution is 2.33. The molecule has 9 heteroatoms. The number of rotatable bonds is 6. The Morgan fingerprint density at radius 2 is 1.82 bits per heavy atom. The lowest BCUT2D eigenvalue weighted by atomic mass is 9.88. The average molecular weight is 486 g/mol. The number of nitrogens with zero attached hydrogens (tertiary/aromatic N) is 4. The standard InChI is InChI=1S/C25H33N4O4S/c1-25(2,3)24-26-22-16-19(13-14-23(22)28(24)17-18-9-6-5-7-10-18)27(4)34(32,33)21-12-8-11-20(15-21)29(30)31/h8,11-16,18H,5-7,9-10,17H2,1-4H3,(H,30,31)/q+1. The van der Waals surface area contributed by atoms with Crippen molar-refractivity contribution < 1.29 is 18.5 Å². The van der Waals surface area contributed by atoms with Crippen LogP contribution in [0.15, 0.2) is 47.4 Å². The molecule has 1 saturated carbocycles. The Balaban J connectivity index is 1.73. The van der Waals surface area contributed by atoms with Gasteiger partial charge in [0.25, 0.3) is 14.9 Å². The molecule has 0 bridgehead atoms. The van der Waals surface area contributed by atoms with E-state index < -0.39 is 10.0 Å². The van der Waals surface area contributed by atoms with Crippen LogP contribution >= 0.6 is 0 Å². The molecule has 34 heavy (non-hydrogen) atoms. The summed E-state index contributed by atoms with van der Waals surface area (Å²) in [5, 5.41) is 9.16. The molecule has 2 aromatic carbocycles. The molecule has 1 aliphatic carbocycles. The minimum atomic E-state index is -3.95. The predicted molar refractivity (Wildman–Crippen MR) is 132 cm³/mol. The van der Waals surface area contributed by atoms with Crippen LogP contribution in [0.3, 0.4) is 0 Å². The zero-order chi connectivity index (χ0) is 24.7. The van der Waals surface area contributed by atoms with Gasteiger partial charge in [-0.3, -0.25) is 4.31 Å². The monoisotopic (exact) mass is 485 g/mol. The summed E-state index contributed by atoms with van der Waals surface area (Å²) in [4.78, 5) is 15.7. The lowest BCUT2D eigenvalue weighted by molar-refractivity contribution is -0.729. The Morgan fingerprint density at radius 3 is 2.47 bits per heavy atom. The van der Waals surface area contributed by atoms with E-state index in [1.54, 1.807) is 12.1 Å². The first kappa shape index (κ1) is 24.2. The first-order valence-corrected chi connectivity index (χ1v) is 13.2. The number of benzene rings is 2. The molecule has 0 spiro atoms. The third-order valence-corrected chi connectivity index (χ3v) is 8.41. The fourth-order valence-electron chi connectivity index (χ4n) is 4.76. The highest BCUT2D eigenvalue weighted by molar-refractivity contribution is 7.92. The van der Waals surface area contributed by atoms with E-state index in [1.807, 2.05) is 6.07 Å². The predicted octanol–water partition coefficient (Wildman–Crippen LogP) is 5.54. The number of hydrogen-bond donors (Lipinski definition) is 1. The van der Waals surface area contributed by atoms with Crippen LogP contribution in [0.25, 0.3) is 11.0 Å². The van der Waals surface area contributed by atoms with Crippen LogP contribution in [0.1, 0.15) is 58.7 Å². The first-order valence-electron chi connectivity index (χ1n) is 11.7. The van der Waals surface area contributed by atoms with Crippen LogP contribution in [-0.2, 0) is 22.0 Å². The lowest BCUT2D eigenvalue weighted by Gasteiger charge is -2.26. The number of aromatic nitrogens is 2. The van der Waals surface area contributed by atoms with Crippen LogP contribution in [0.2, 0.25) is 0 Å². The van der Waals surface area contributed by atoms with Crippen LogP contribution in [0, 0.1) is 10.8 Å². The number of anilines is 1. The lowest BCUT2D eigenvalue weighted by Crippen LogP contribution is -2.26. The summed E-state index contributed by atoms with van der Waals surface area (Å²) in [5.74, 6) is 1.64. The second-order valence-electron chi connectivity index (χ2n) is 10.2. The van der Waals surface area contributed by atoms with E-state index in [-0.39, 0.29) is 20.9 Å². The molecule has 1 N–H and O–H groups in total. The molecule has 182 valence electrons. The van der Waals surface area contributed by atoms with Crippen molar-refractivity contribution in [3.63, 3.8) is 0 Å². The van der Waals surface area contributed by atoms with Crippen LogP contribution in [0.5, 0.6) is 0 Å². The molecule has 0 radical (unpaired) electrons. The van der Waals surface area contributed by atoms with Crippen molar-refractivity contribution in [2.75, 3.05) is 11.4 Å². The fourth-order valence-corrected chi connectivity index (χ4v) is 5.99. The smallest absolute Gasteiger partial charge is 0.317 e. The van der Waals surface area contributed by atoms with Crippen molar-refractivity contribution in [1.82, 2.24) is 9.55 Å². The van der Waals surface area contributed by atoms with Gasteiger partial charge in [0.1, 0.15) is 5.82 Å². The second kappa shape index (κ2) is 9.02. The van der Waals surface area contributed by atoms with E-state index in [1.165, 1.54) is 61.7 Å². The van der Waals surface area contributed by atoms with Crippen molar-refractivity contribution in [2.45, 2.75) is 69.7 Å². The Kier molecular flexibility index (Phi) is 6.42. The third-order valence-electron chi connectivity index (χ3n) is 6.63. The van der Waals surface area contributed by atoms with E-state index >= 15 is 0 Å². The van der Waals surface area contributed by atoms with Gasteiger partial charge in [-0.2, -0.15) is 0 Å². The van der Waals surface area contributed by atoms with E-state index in [2.05, 4.69) is 25.3 Å². The molecular weight excluding hydrogens is 452 g/mol. The van der Waals surface area contributed by atoms with E-state index in [9.17, 15) is 13.3 Å². The average Bonchev–Trinajstić information content (AvgIpc) is 3.17. The summed E-state index contributed by atoms with van der Waals surface area (Å²) in [6.07, 6.45) is 6.32. The summed E-state index contributed by atoms with van der Waals surface area (Å²) in [7, 11) is -2.48. The summed E-state index contributed by atoms with van der Waals surface area (Å²) in [6, 6.07) is 10.8. The molecule has 1 aliphatic rings. The van der Waals surface area contributed by atoms with Gasteiger partial charge in [-0.1, -0.05) is 46.1 Å². The van der Waals surface area contributed by atoms with E-state index in [4.69, 9.17) is 10.2 Å². The molecule has 8 nitrogen and oxygen atoms in total. The Labute approximate surface area is 200 Å². The third kappa shape index (κ3) is 4.66. The summed E-state index contributed by atoms with van der Waals surface area (Å²) < 4.78 is 30.0. The molecule has 1 heterocycles. The topological polar surface area (TPSA) is 95.5 Å². The SMILES string of the molecule is CN(c1ccc2c(c1)nc(C(C)(C)C)n2CC1CCCCC1)S(=O)(=O)c1cccc([N+](=O)O)c1. The maximum atomic E-state index is 13.2. The number of sulfonamides is 1. The minimum absolute atomic E-state index is 0.0827. The van der Waals surface area contributed by atoms with E-state index in [0.29, 0.717) is 11.6 Å². The molecule has 3 aromatic rings. The van der Waals surface area contributed by atoms with Gasteiger partial charge in [0, 0.05) is 31.1 Å². The Morgan fingerprint density at radius 1 is 1.12 bits per heavy atom.